The third-order valence-electron chi connectivity index (χ3n) is 4.56. The summed E-state index contributed by atoms with van der Waals surface area (Å²) in [7, 11) is 0. The quantitative estimate of drug-likeness (QED) is 0.283. The Balaban J connectivity index is 0.00000280. The molecule has 0 unspecified atom stereocenters. The number of aromatic nitrogens is 2. The van der Waals surface area contributed by atoms with E-state index in [0.717, 1.165) is 30.8 Å². The lowest BCUT2D eigenvalue weighted by atomic mass is 10.1. The van der Waals surface area contributed by atoms with Crippen LogP contribution >= 0.6 is 24.0 Å². The molecule has 0 bridgehead atoms. The molecule has 1 aromatic heterocycles. The fourth-order valence-corrected chi connectivity index (χ4v) is 2.99. The number of morpholine rings is 1. The highest BCUT2D eigenvalue weighted by Gasteiger charge is 2.16. The van der Waals surface area contributed by atoms with E-state index in [4.69, 9.17) is 16.2 Å². The SMILES string of the molecule is Cc1ccc(-n2nc(CCCN=C(N)N3CCOCC3)c(C#N)c2N)cc1.I. The summed E-state index contributed by atoms with van der Waals surface area (Å²) < 4.78 is 6.93. The van der Waals surface area contributed by atoms with Gasteiger partial charge in [0.05, 0.1) is 24.6 Å². The number of benzene rings is 1. The third-order valence-corrected chi connectivity index (χ3v) is 4.56. The maximum Gasteiger partial charge on any atom is 0.191 e. The van der Waals surface area contributed by atoms with Gasteiger partial charge in [-0.05, 0) is 31.9 Å². The number of rotatable bonds is 5. The van der Waals surface area contributed by atoms with Gasteiger partial charge in [-0.2, -0.15) is 10.4 Å². The minimum Gasteiger partial charge on any atom is -0.382 e. The number of nitrogens with zero attached hydrogens (tertiary/aromatic N) is 5. The van der Waals surface area contributed by atoms with Crippen molar-refractivity contribution in [2.45, 2.75) is 19.8 Å². The van der Waals surface area contributed by atoms with E-state index < -0.39 is 0 Å². The summed E-state index contributed by atoms with van der Waals surface area (Å²) in [5, 5.41) is 14.0. The van der Waals surface area contributed by atoms with Gasteiger partial charge >= 0.3 is 0 Å². The van der Waals surface area contributed by atoms with Crippen molar-refractivity contribution in [2.24, 2.45) is 10.7 Å². The third kappa shape index (κ3) is 5.14. The Morgan fingerprint density at radius 1 is 1.29 bits per heavy atom. The maximum absolute atomic E-state index is 9.47. The van der Waals surface area contributed by atoms with E-state index in [9.17, 15) is 5.26 Å². The van der Waals surface area contributed by atoms with Gasteiger partial charge in [-0.3, -0.25) is 4.99 Å². The van der Waals surface area contributed by atoms with Gasteiger partial charge in [0.1, 0.15) is 17.5 Å². The zero-order valence-corrected chi connectivity index (χ0v) is 18.3. The topological polar surface area (TPSA) is 118 Å². The first-order valence-corrected chi connectivity index (χ1v) is 9.07. The van der Waals surface area contributed by atoms with Gasteiger partial charge in [-0.25, -0.2) is 4.68 Å². The molecule has 1 aliphatic rings. The van der Waals surface area contributed by atoms with Crippen molar-refractivity contribution in [3.05, 3.63) is 41.1 Å². The number of nitrogen functional groups attached to an aromatic ring is 1. The van der Waals surface area contributed by atoms with E-state index in [1.165, 1.54) is 0 Å². The van der Waals surface area contributed by atoms with Crippen LogP contribution in [0.2, 0.25) is 0 Å². The lowest BCUT2D eigenvalue weighted by molar-refractivity contribution is 0.0674. The summed E-state index contributed by atoms with van der Waals surface area (Å²) in [6.07, 6.45) is 1.36. The average Bonchev–Trinajstić information content (AvgIpc) is 3.01. The van der Waals surface area contributed by atoms with Crippen LogP contribution in [0.25, 0.3) is 5.69 Å². The first-order valence-electron chi connectivity index (χ1n) is 9.07. The van der Waals surface area contributed by atoms with Crippen LogP contribution in [0.4, 0.5) is 5.82 Å². The fraction of sp³-hybridized carbons (Fsp3) is 0.421. The van der Waals surface area contributed by atoms with Crippen LogP contribution in [0, 0.1) is 18.3 Å². The van der Waals surface area contributed by atoms with E-state index in [2.05, 4.69) is 16.2 Å². The van der Waals surface area contributed by atoms with Crippen LogP contribution in [0.15, 0.2) is 29.3 Å². The number of hydrogen-bond acceptors (Lipinski definition) is 5. The average molecular weight is 495 g/mol. The van der Waals surface area contributed by atoms with Crippen molar-refractivity contribution in [1.82, 2.24) is 14.7 Å². The van der Waals surface area contributed by atoms with E-state index in [1.54, 1.807) is 4.68 Å². The van der Waals surface area contributed by atoms with Crippen LogP contribution in [-0.4, -0.2) is 53.5 Å². The zero-order valence-electron chi connectivity index (χ0n) is 16.0. The lowest BCUT2D eigenvalue weighted by Crippen LogP contribution is -2.44. The normalized spacial score (nSPS) is 14.4. The number of halogens is 1. The molecule has 3 rings (SSSR count). The number of guanidine groups is 1. The van der Waals surface area contributed by atoms with Crippen molar-refractivity contribution in [3.8, 4) is 11.8 Å². The number of aliphatic imine (C=N–C) groups is 1. The monoisotopic (exact) mass is 495 g/mol. The highest BCUT2D eigenvalue weighted by Crippen LogP contribution is 2.21. The van der Waals surface area contributed by atoms with E-state index >= 15 is 0 Å². The van der Waals surface area contributed by atoms with Crippen molar-refractivity contribution >= 4 is 35.8 Å². The molecule has 2 aromatic rings. The molecule has 9 heteroatoms. The number of hydrogen-bond donors (Lipinski definition) is 2. The highest BCUT2D eigenvalue weighted by molar-refractivity contribution is 14.0. The number of nitrogens with two attached hydrogens (primary N) is 2. The van der Waals surface area contributed by atoms with Gasteiger partial charge in [0.2, 0.25) is 0 Å². The predicted octanol–water partition coefficient (Wildman–Crippen LogP) is 1.83. The molecule has 8 nitrogen and oxygen atoms in total. The molecule has 0 atom stereocenters. The first kappa shape index (κ1) is 22.0. The second-order valence-electron chi connectivity index (χ2n) is 6.51. The molecule has 0 spiro atoms. The minimum atomic E-state index is 0. The molecular formula is C19H26IN7O. The van der Waals surface area contributed by atoms with Gasteiger partial charge in [-0.1, -0.05) is 17.7 Å². The largest absolute Gasteiger partial charge is 0.382 e. The Morgan fingerprint density at radius 3 is 2.61 bits per heavy atom. The highest BCUT2D eigenvalue weighted by atomic mass is 127. The molecule has 1 aliphatic heterocycles. The maximum atomic E-state index is 9.47. The van der Waals surface area contributed by atoms with Crippen LogP contribution in [0.3, 0.4) is 0 Å². The molecule has 1 aromatic carbocycles. The lowest BCUT2D eigenvalue weighted by Gasteiger charge is -2.27. The Kier molecular flexibility index (Phi) is 8.07. The van der Waals surface area contributed by atoms with Crippen molar-refractivity contribution in [2.75, 3.05) is 38.6 Å². The Labute approximate surface area is 182 Å². The number of nitriles is 1. The Bertz CT molecular complexity index is 848. The smallest absolute Gasteiger partial charge is 0.191 e. The summed E-state index contributed by atoms with van der Waals surface area (Å²) in [5.41, 5.74) is 15.3. The molecule has 4 N–H and O–H groups in total. The van der Waals surface area contributed by atoms with Crippen LogP contribution in [0.1, 0.15) is 23.2 Å². The van der Waals surface area contributed by atoms with Crippen molar-refractivity contribution in [1.29, 1.82) is 5.26 Å². The molecule has 28 heavy (non-hydrogen) atoms. The molecule has 150 valence electrons. The van der Waals surface area contributed by atoms with Gasteiger partial charge in [0, 0.05) is 19.6 Å². The second kappa shape index (κ2) is 10.3. The Morgan fingerprint density at radius 2 is 1.96 bits per heavy atom. The van der Waals surface area contributed by atoms with Gasteiger partial charge in [0.15, 0.2) is 5.96 Å². The molecule has 1 fully saturated rings. The van der Waals surface area contributed by atoms with Crippen LogP contribution < -0.4 is 11.5 Å². The van der Waals surface area contributed by atoms with E-state index in [0.29, 0.717) is 49.2 Å². The number of anilines is 1. The zero-order chi connectivity index (χ0) is 19.2. The standard InChI is InChI=1S/C19H25N7O.HI/c1-14-4-6-15(7-5-14)26-18(21)16(13-20)17(24-26)3-2-8-23-19(22)25-9-11-27-12-10-25;/h4-7H,2-3,8-12,21H2,1H3,(H2,22,23);1H. The summed E-state index contributed by atoms with van der Waals surface area (Å²) in [6.45, 7) is 5.49. The number of aryl methyl sites for hydroxylation is 2. The van der Waals surface area contributed by atoms with Crippen molar-refractivity contribution in [3.63, 3.8) is 0 Å². The molecule has 0 saturated carbocycles. The Hall–Kier alpha value is -2.32. The van der Waals surface area contributed by atoms with E-state index in [-0.39, 0.29) is 24.0 Å². The van der Waals surface area contributed by atoms with Crippen LogP contribution in [-0.2, 0) is 11.2 Å². The van der Waals surface area contributed by atoms with Gasteiger partial charge in [-0.15, -0.1) is 24.0 Å². The molecule has 0 radical (unpaired) electrons. The second-order valence-corrected chi connectivity index (χ2v) is 6.51. The summed E-state index contributed by atoms with van der Waals surface area (Å²) in [6, 6.07) is 10.0. The molecule has 0 amide bonds. The minimum absolute atomic E-state index is 0. The summed E-state index contributed by atoms with van der Waals surface area (Å²) in [5.74, 6) is 0.913. The predicted molar refractivity (Wildman–Crippen MR) is 120 cm³/mol. The first-order chi connectivity index (χ1) is 13.1. The molecule has 1 saturated heterocycles. The fourth-order valence-electron chi connectivity index (χ4n) is 2.99. The van der Waals surface area contributed by atoms with E-state index in [1.807, 2.05) is 36.1 Å². The van der Waals surface area contributed by atoms with Crippen molar-refractivity contribution < 1.29 is 4.74 Å². The number of ether oxygens (including phenoxy) is 1. The molecule has 0 aliphatic carbocycles. The van der Waals surface area contributed by atoms with Gasteiger partial charge < -0.3 is 21.1 Å². The molecular weight excluding hydrogens is 469 g/mol. The van der Waals surface area contributed by atoms with Gasteiger partial charge in [0.25, 0.3) is 0 Å². The molecule has 2 heterocycles. The van der Waals surface area contributed by atoms with Crippen LogP contribution in [0.5, 0.6) is 0 Å². The summed E-state index contributed by atoms with van der Waals surface area (Å²) >= 11 is 0. The summed E-state index contributed by atoms with van der Waals surface area (Å²) in [4.78, 5) is 6.45.